The summed E-state index contributed by atoms with van der Waals surface area (Å²) in [6, 6.07) is 4.46. The number of rotatable bonds is 3. The summed E-state index contributed by atoms with van der Waals surface area (Å²) in [5.74, 6) is -1.49. The topological polar surface area (TPSA) is 79.5 Å². The van der Waals surface area contributed by atoms with Crippen LogP contribution in [-0.2, 0) is 4.79 Å². The summed E-state index contributed by atoms with van der Waals surface area (Å²) in [6.07, 6.45) is 0. The number of aliphatic carboxylic acids is 1. The van der Waals surface area contributed by atoms with Crippen molar-refractivity contribution in [3.63, 3.8) is 0 Å². The van der Waals surface area contributed by atoms with Gasteiger partial charge in [-0.3, -0.25) is 9.59 Å². The van der Waals surface area contributed by atoms with Crippen LogP contribution in [0.25, 0.3) is 11.0 Å². The number of nitrogens with one attached hydrogen (secondary N) is 1. The zero-order valence-electron chi connectivity index (χ0n) is 11.0. The standard InChI is InChI=1S/C14H15NO4/c1-7-4-10-6-12(19-11(10)5-8(7)2)13(16)15-9(3)14(17)18/h4-6,9H,1-3H3,(H,15,16)(H,17,18). The van der Waals surface area contributed by atoms with E-state index in [9.17, 15) is 9.59 Å². The first kappa shape index (κ1) is 13.1. The maximum atomic E-state index is 11.8. The summed E-state index contributed by atoms with van der Waals surface area (Å²) >= 11 is 0. The highest BCUT2D eigenvalue weighted by Gasteiger charge is 2.18. The van der Waals surface area contributed by atoms with E-state index in [-0.39, 0.29) is 5.76 Å². The van der Waals surface area contributed by atoms with Gasteiger partial charge in [-0.1, -0.05) is 0 Å². The molecule has 0 bridgehead atoms. The number of carbonyl (C=O) groups excluding carboxylic acids is 1. The fourth-order valence-electron chi connectivity index (χ4n) is 1.74. The molecule has 2 rings (SSSR count). The van der Waals surface area contributed by atoms with E-state index in [1.54, 1.807) is 6.07 Å². The molecule has 1 aromatic carbocycles. The van der Waals surface area contributed by atoms with Crippen molar-refractivity contribution in [3.8, 4) is 0 Å². The van der Waals surface area contributed by atoms with Crippen LogP contribution in [0.5, 0.6) is 0 Å². The lowest BCUT2D eigenvalue weighted by molar-refractivity contribution is -0.138. The molecular formula is C14H15NO4. The second-order valence-corrected chi connectivity index (χ2v) is 4.62. The van der Waals surface area contributed by atoms with E-state index in [0.717, 1.165) is 16.5 Å². The minimum absolute atomic E-state index is 0.119. The lowest BCUT2D eigenvalue weighted by atomic mass is 10.1. The number of hydrogen-bond donors (Lipinski definition) is 2. The summed E-state index contributed by atoms with van der Waals surface area (Å²) in [5.41, 5.74) is 2.81. The van der Waals surface area contributed by atoms with E-state index in [0.29, 0.717) is 5.58 Å². The van der Waals surface area contributed by atoms with Crippen molar-refractivity contribution in [1.82, 2.24) is 5.32 Å². The fraction of sp³-hybridized carbons (Fsp3) is 0.286. The third-order valence-corrected chi connectivity index (χ3v) is 3.07. The Labute approximate surface area is 110 Å². The number of carboxylic acid groups (broad SMARTS) is 1. The van der Waals surface area contributed by atoms with Crippen molar-refractivity contribution in [2.24, 2.45) is 0 Å². The number of hydrogen-bond acceptors (Lipinski definition) is 3. The van der Waals surface area contributed by atoms with Gasteiger partial charge in [0.1, 0.15) is 11.6 Å². The average Bonchev–Trinajstić information content (AvgIpc) is 2.72. The average molecular weight is 261 g/mol. The van der Waals surface area contributed by atoms with Crippen LogP contribution in [0.4, 0.5) is 0 Å². The van der Waals surface area contributed by atoms with Crippen molar-refractivity contribution in [2.45, 2.75) is 26.8 Å². The van der Waals surface area contributed by atoms with Crippen LogP contribution in [0.1, 0.15) is 28.6 Å². The van der Waals surface area contributed by atoms with Crippen LogP contribution >= 0.6 is 0 Å². The second-order valence-electron chi connectivity index (χ2n) is 4.62. The van der Waals surface area contributed by atoms with Crippen molar-refractivity contribution in [2.75, 3.05) is 0 Å². The summed E-state index contributed by atoms with van der Waals surface area (Å²) < 4.78 is 5.44. The number of fused-ring (bicyclic) bond motifs is 1. The van der Waals surface area contributed by atoms with E-state index in [1.807, 2.05) is 26.0 Å². The van der Waals surface area contributed by atoms with Crippen molar-refractivity contribution < 1.29 is 19.1 Å². The molecule has 1 heterocycles. The first-order valence-electron chi connectivity index (χ1n) is 5.93. The highest BCUT2D eigenvalue weighted by molar-refractivity contribution is 5.98. The Bertz CT molecular complexity index is 618. The quantitative estimate of drug-likeness (QED) is 0.888. The van der Waals surface area contributed by atoms with Crippen molar-refractivity contribution in [3.05, 3.63) is 35.1 Å². The molecule has 1 aromatic heterocycles. The Balaban J connectivity index is 2.31. The Kier molecular flexibility index (Phi) is 3.29. The molecule has 19 heavy (non-hydrogen) atoms. The summed E-state index contributed by atoms with van der Waals surface area (Å²) in [4.78, 5) is 22.5. The first-order chi connectivity index (χ1) is 8.88. The second kappa shape index (κ2) is 4.76. The van der Waals surface area contributed by atoms with Gasteiger partial charge in [-0.25, -0.2) is 0 Å². The molecule has 2 aromatic rings. The fourth-order valence-corrected chi connectivity index (χ4v) is 1.74. The molecule has 0 saturated carbocycles. The van der Waals surface area contributed by atoms with Gasteiger partial charge in [0, 0.05) is 5.39 Å². The SMILES string of the molecule is Cc1cc2cc(C(=O)NC(C)C(=O)O)oc2cc1C. The predicted molar refractivity (Wildman–Crippen MR) is 70.3 cm³/mol. The van der Waals surface area contributed by atoms with Crippen LogP contribution in [-0.4, -0.2) is 23.0 Å². The molecule has 5 heteroatoms. The number of benzene rings is 1. The van der Waals surface area contributed by atoms with Crippen molar-refractivity contribution >= 4 is 22.8 Å². The Morgan fingerprint density at radius 2 is 1.84 bits per heavy atom. The van der Waals surface area contributed by atoms with Gasteiger partial charge in [0.2, 0.25) is 0 Å². The maximum absolute atomic E-state index is 11.8. The van der Waals surface area contributed by atoms with E-state index >= 15 is 0 Å². The molecule has 2 N–H and O–H groups in total. The normalized spacial score (nSPS) is 12.4. The smallest absolute Gasteiger partial charge is 0.325 e. The van der Waals surface area contributed by atoms with Gasteiger partial charge < -0.3 is 14.8 Å². The maximum Gasteiger partial charge on any atom is 0.325 e. The van der Waals surface area contributed by atoms with Crippen LogP contribution in [0.3, 0.4) is 0 Å². The predicted octanol–water partition coefficient (Wildman–Crippen LogP) is 2.25. The zero-order chi connectivity index (χ0) is 14.2. The molecule has 0 spiro atoms. The Morgan fingerprint density at radius 1 is 1.21 bits per heavy atom. The highest BCUT2D eigenvalue weighted by atomic mass is 16.4. The molecule has 1 amide bonds. The molecule has 0 aliphatic rings. The van der Waals surface area contributed by atoms with Gasteiger partial charge in [0.05, 0.1) is 0 Å². The molecular weight excluding hydrogens is 246 g/mol. The molecule has 0 radical (unpaired) electrons. The monoisotopic (exact) mass is 261 g/mol. The molecule has 1 unspecified atom stereocenters. The zero-order valence-corrected chi connectivity index (χ0v) is 11.0. The van der Waals surface area contributed by atoms with Gasteiger partial charge >= 0.3 is 5.97 Å². The Morgan fingerprint density at radius 3 is 2.47 bits per heavy atom. The molecule has 0 aliphatic carbocycles. The number of carboxylic acids is 1. The summed E-state index contributed by atoms with van der Waals surface area (Å²) in [6.45, 7) is 5.34. The number of amides is 1. The largest absolute Gasteiger partial charge is 0.480 e. The van der Waals surface area contributed by atoms with Gasteiger partial charge in [-0.05, 0) is 50.1 Å². The van der Waals surface area contributed by atoms with E-state index in [2.05, 4.69) is 5.32 Å². The van der Waals surface area contributed by atoms with Crippen molar-refractivity contribution in [1.29, 1.82) is 0 Å². The van der Waals surface area contributed by atoms with E-state index in [1.165, 1.54) is 6.92 Å². The number of aryl methyl sites for hydroxylation is 2. The highest BCUT2D eigenvalue weighted by Crippen LogP contribution is 2.23. The molecule has 5 nitrogen and oxygen atoms in total. The van der Waals surface area contributed by atoms with Gasteiger partial charge in [0.25, 0.3) is 5.91 Å². The first-order valence-corrected chi connectivity index (χ1v) is 5.93. The molecule has 1 atom stereocenters. The van der Waals surface area contributed by atoms with Gasteiger partial charge in [-0.15, -0.1) is 0 Å². The molecule has 0 saturated heterocycles. The Hall–Kier alpha value is -2.30. The van der Waals surface area contributed by atoms with Crippen LogP contribution < -0.4 is 5.32 Å². The number of carbonyl (C=O) groups is 2. The van der Waals surface area contributed by atoms with Crippen LogP contribution in [0, 0.1) is 13.8 Å². The summed E-state index contributed by atoms with van der Waals surface area (Å²) in [7, 11) is 0. The van der Waals surface area contributed by atoms with E-state index < -0.39 is 17.9 Å². The molecule has 100 valence electrons. The lowest BCUT2D eigenvalue weighted by Crippen LogP contribution is -2.38. The van der Waals surface area contributed by atoms with Crippen LogP contribution in [0.2, 0.25) is 0 Å². The van der Waals surface area contributed by atoms with Crippen LogP contribution in [0.15, 0.2) is 22.6 Å². The van der Waals surface area contributed by atoms with Gasteiger partial charge in [0.15, 0.2) is 5.76 Å². The molecule has 0 fully saturated rings. The minimum Gasteiger partial charge on any atom is -0.480 e. The van der Waals surface area contributed by atoms with E-state index in [4.69, 9.17) is 9.52 Å². The minimum atomic E-state index is -1.09. The summed E-state index contributed by atoms with van der Waals surface area (Å²) in [5, 5.41) is 11.9. The number of furan rings is 1. The lowest BCUT2D eigenvalue weighted by Gasteiger charge is -2.06. The third kappa shape index (κ3) is 2.59. The van der Waals surface area contributed by atoms with Gasteiger partial charge in [-0.2, -0.15) is 0 Å². The third-order valence-electron chi connectivity index (χ3n) is 3.07. The molecule has 0 aliphatic heterocycles.